The number of fused-ring (bicyclic) bond motifs is 1. The van der Waals surface area contributed by atoms with Gasteiger partial charge in [-0.05, 0) is 25.3 Å². The minimum absolute atomic E-state index is 0.594. The molecule has 2 N–H and O–H groups in total. The molecule has 2 aromatic rings. The molecule has 0 aliphatic rings. The molecular formula is C14H22N4S. The summed E-state index contributed by atoms with van der Waals surface area (Å²) in [5.41, 5.74) is 0. The molecule has 0 aliphatic heterocycles. The van der Waals surface area contributed by atoms with Crippen LogP contribution in [0.2, 0.25) is 0 Å². The molecule has 2 aromatic heterocycles. The van der Waals surface area contributed by atoms with Crippen LogP contribution in [0.1, 0.15) is 32.6 Å². The second-order valence-corrected chi connectivity index (χ2v) is 6.10. The van der Waals surface area contributed by atoms with Gasteiger partial charge in [0, 0.05) is 18.0 Å². The average Bonchev–Trinajstić information content (AvgIpc) is 2.79. The first-order valence-corrected chi connectivity index (χ1v) is 7.73. The number of nitrogens with one attached hydrogen (secondary N) is 2. The summed E-state index contributed by atoms with van der Waals surface area (Å²) in [6, 6.07) is 2.21. The van der Waals surface area contributed by atoms with E-state index in [0.717, 1.165) is 35.5 Å². The standard InChI is InChI=1S/C14H22N4S/c1-5-10-7-11-12(16-8-9(3)4)17-14(15-6-2)18-13(11)19-10/h7,9H,5-6,8H2,1-4H3,(H2,15,16,17,18). The van der Waals surface area contributed by atoms with Gasteiger partial charge in [0.1, 0.15) is 10.6 Å². The lowest BCUT2D eigenvalue weighted by Gasteiger charge is -2.10. The molecule has 0 spiro atoms. The third-order valence-corrected chi connectivity index (χ3v) is 3.98. The fraction of sp³-hybridized carbons (Fsp3) is 0.571. The zero-order valence-corrected chi connectivity index (χ0v) is 12.9. The molecule has 0 bridgehead atoms. The van der Waals surface area contributed by atoms with Crippen LogP contribution in [0.15, 0.2) is 6.07 Å². The van der Waals surface area contributed by atoms with E-state index in [1.807, 2.05) is 0 Å². The summed E-state index contributed by atoms with van der Waals surface area (Å²) in [4.78, 5) is 11.6. The van der Waals surface area contributed by atoms with Gasteiger partial charge in [-0.2, -0.15) is 4.98 Å². The maximum absolute atomic E-state index is 4.58. The first-order chi connectivity index (χ1) is 9.13. The molecule has 0 unspecified atom stereocenters. The maximum atomic E-state index is 4.58. The number of rotatable bonds is 6. The van der Waals surface area contributed by atoms with Crippen LogP contribution in [-0.2, 0) is 6.42 Å². The summed E-state index contributed by atoms with van der Waals surface area (Å²) in [6.45, 7) is 10.4. The van der Waals surface area contributed by atoms with E-state index in [9.17, 15) is 0 Å². The molecule has 0 aromatic carbocycles. The van der Waals surface area contributed by atoms with Crippen molar-refractivity contribution in [3.05, 3.63) is 10.9 Å². The van der Waals surface area contributed by atoms with Gasteiger partial charge in [0.05, 0.1) is 5.39 Å². The number of aromatic nitrogens is 2. The van der Waals surface area contributed by atoms with Crippen molar-refractivity contribution in [3.8, 4) is 0 Å². The normalized spacial score (nSPS) is 11.2. The topological polar surface area (TPSA) is 49.8 Å². The van der Waals surface area contributed by atoms with Crippen molar-refractivity contribution in [2.24, 2.45) is 5.92 Å². The predicted molar refractivity (Wildman–Crippen MR) is 84.3 cm³/mol. The van der Waals surface area contributed by atoms with Crippen molar-refractivity contribution in [3.63, 3.8) is 0 Å². The summed E-state index contributed by atoms with van der Waals surface area (Å²) in [6.07, 6.45) is 1.04. The van der Waals surface area contributed by atoms with Gasteiger partial charge >= 0.3 is 0 Å². The third-order valence-electron chi connectivity index (χ3n) is 2.80. The Hall–Kier alpha value is -1.36. The molecule has 19 heavy (non-hydrogen) atoms. The van der Waals surface area contributed by atoms with Crippen LogP contribution in [-0.4, -0.2) is 23.1 Å². The Balaban J connectivity index is 2.41. The summed E-state index contributed by atoms with van der Waals surface area (Å²) in [5, 5.41) is 7.78. The minimum Gasteiger partial charge on any atom is -0.369 e. The number of hydrogen-bond donors (Lipinski definition) is 2. The van der Waals surface area contributed by atoms with Gasteiger partial charge in [0.15, 0.2) is 0 Å². The Morgan fingerprint density at radius 2 is 2.00 bits per heavy atom. The van der Waals surface area contributed by atoms with Crippen molar-refractivity contribution in [1.82, 2.24) is 9.97 Å². The molecule has 5 heteroatoms. The first-order valence-electron chi connectivity index (χ1n) is 6.92. The van der Waals surface area contributed by atoms with Gasteiger partial charge in [0.25, 0.3) is 0 Å². The monoisotopic (exact) mass is 278 g/mol. The maximum Gasteiger partial charge on any atom is 0.226 e. The molecule has 0 saturated carbocycles. The highest BCUT2D eigenvalue weighted by molar-refractivity contribution is 7.18. The van der Waals surface area contributed by atoms with Gasteiger partial charge in [-0.3, -0.25) is 0 Å². The highest BCUT2D eigenvalue weighted by Crippen LogP contribution is 2.30. The summed E-state index contributed by atoms with van der Waals surface area (Å²) >= 11 is 1.75. The molecule has 104 valence electrons. The van der Waals surface area contributed by atoms with E-state index in [4.69, 9.17) is 0 Å². The Labute approximate surface area is 118 Å². The molecule has 0 aliphatic carbocycles. The number of aryl methyl sites for hydroxylation is 1. The Bertz CT molecular complexity index is 548. The van der Waals surface area contributed by atoms with E-state index in [1.165, 1.54) is 4.88 Å². The molecule has 0 atom stereocenters. The fourth-order valence-electron chi connectivity index (χ4n) is 1.82. The SMILES string of the molecule is CCNc1nc(NCC(C)C)c2cc(CC)sc2n1. The molecule has 2 heterocycles. The molecular weight excluding hydrogens is 256 g/mol. The van der Waals surface area contributed by atoms with Gasteiger partial charge in [-0.15, -0.1) is 11.3 Å². The average molecular weight is 278 g/mol. The van der Waals surface area contributed by atoms with E-state index in [2.05, 4.69) is 54.4 Å². The van der Waals surface area contributed by atoms with Crippen molar-refractivity contribution in [1.29, 1.82) is 0 Å². The lowest BCUT2D eigenvalue weighted by Crippen LogP contribution is -2.11. The number of hydrogen-bond acceptors (Lipinski definition) is 5. The highest BCUT2D eigenvalue weighted by Gasteiger charge is 2.11. The highest BCUT2D eigenvalue weighted by atomic mass is 32.1. The minimum atomic E-state index is 0.594. The van der Waals surface area contributed by atoms with Crippen LogP contribution in [0.5, 0.6) is 0 Å². The van der Waals surface area contributed by atoms with Crippen molar-refractivity contribution >= 4 is 33.3 Å². The predicted octanol–water partition coefficient (Wildman–Crippen LogP) is 3.75. The zero-order valence-electron chi connectivity index (χ0n) is 12.1. The summed E-state index contributed by atoms with van der Waals surface area (Å²) in [5.74, 6) is 2.26. The number of thiophene rings is 1. The lowest BCUT2D eigenvalue weighted by molar-refractivity contribution is 0.687. The molecule has 0 amide bonds. The lowest BCUT2D eigenvalue weighted by atomic mass is 10.2. The Kier molecular flexibility index (Phi) is 4.58. The second kappa shape index (κ2) is 6.19. The van der Waals surface area contributed by atoms with E-state index < -0.39 is 0 Å². The van der Waals surface area contributed by atoms with Gasteiger partial charge in [0.2, 0.25) is 5.95 Å². The van der Waals surface area contributed by atoms with E-state index in [-0.39, 0.29) is 0 Å². The molecule has 0 radical (unpaired) electrons. The smallest absolute Gasteiger partial charge is 0.226 e. The zero-order chi connectivity index (χ0) is 13.8. The van der Waals surface area contributed by atoms with Crippen LogP contribution in [0.4, 0.5) is 11.8 Å². The third kappa shape index (κ3) is 3.35. The van der Waals surface area contributed by atoms with Crippen LogP contribution >= 0.6 is 11.3 Å². The Morgan fingerprint density at radius 3 is 2.63 bits per heavy atom. The molecule has 4 nitrogen and oxygen atoms in total. The van der Waals surface area contributed by atoms with Crippen molar-refractivity contribution < 1.29 is 0 Å². The van der Waals surface area contributed by atoms with Crippen LogP contribution in [0.3, 0.4) is 0 Å². The molecule has 0 fully saturated rings. The number of anilines is 2. The fourth-order valence-corrected chi connectivity index (χ4v) is 2.79. The summed E-state index contributed by atoms with van der Waals surface area (Å²) < 4.78 is 0. The second-order valence-electron chi connectivity index (χ2n) is 4.99. The first kappa shape index (κ1) is 14.1. The molecule has 2 rings (SSSR count). The van der Waals surface area contributed by atoms with Gasteiger partial charge in [-0.1, -0.05) is 20.8 Å². The van der Waals surface area contributed by atoms with Crippen molar-refractivity contribution in [2.45, 2.75) is 34.1 Å². The van der Waals surface area contributed by atoms with Crippen molar-refractivity contribution in [2.75, 3.05) is 23.7 Å². The van der Waals surface area contributed by atoms with E-state index in [1.54, 1.807) is 11.3 Å². The van der Waals surface area contributed by atoms with Gasteiger partial charge in [-0.25, -0.2) is 4.98 Å². The van der Waals surface area contributed by atoms with E-state index >= 15 is 0 Å². The number of nitrogens with zero attached hydrogens (tertiary/aromatic N) is 2. The largest absolute Gasteiger partial charge is 0.369 e. The Morgan fingerprint density at radius 1 is 1.21 bits per heavy atom. The quantitative estimate of drug-likeness (QED) is 0.845. The van der Waals surface area contributed by atoms with Crippen LogP contribution in [0.25, 0.3) is 10.2 Å². The van der Waals surface area contributed by atoms with Crippen LogP contribution in [0, 0.1) is 5.92 Å². The van der Waals surface area contributed by atoms with E-state index in [0.29, 0.717) is 11.9 Å². The molecule has 0 saturated heterocycles. The van der Waals surface area contributed by atoms with Crippen LogP contribution < -0.4 is 10.6 Å². The summed E-state index contributed by atoms with van der Waals surface area (Å²) in [7, 11) is 0. The van der Waals surface area contributed by atoms with Gasteiger partial charge < -0.3 is 10.6 Å².